The number of sulfonamides is 1. The summed E-state index contributed by atoms with van der Waals surface area (Å²) in [7, 11) is -3.62. The first-order valence-corrected chi connectivity index (χ1v) is 8.66. The molecule has 0 aromatic heterocycles. The summed E-state index contributed by atoms with van der Waals surface area (Å²) in [5, 5.41) is 8.91. The summed E-state index contributed by atoms with van der Waals surface area (Å²) in [5.74, 6) is -0.798. The van der Waals surface area contributed by atoms with Crippen LogP contribution in [0.2, 0.25) is 0 Å². The SMILES string of the molecule is CSCC[C@H](NS(=O)(=O)CCOC(C)C)C(=O)O. The van der Waals surface area contributed by atoms with Gasteiger partial charge in [0, 0.05) is 0 Å². The van der Waals surface area contributed by atoms with Crippen molar-refractivity contribution in [1.29, 1.82) is 0 Å². The van der Waals surface area contributed by atoms with E-state index in [9.17, 15) is 13.2 Å². The van der Waals surface area contributed by atoms with Crippen LogP contribution in [0.3, 0.4) is 0 Å². The number of carbonyl (C=O) groups is 1. The zero-order valence-corrected chi connectivity index (χ0v) is 12.5. The zero-order valence-electron chi connectivity index (χ0n) is 10.9. The molecule has 6 nitrogen and oxygen atoms in total. The van der Waals surface area contributed by atoms with Gasteiger partial charge in [-0.15, -0.1) is 0 Å². The maximum Gasteiger partial charge on any atom is 0.321 e. The quantitative estimate of drug-likeness (QED) is 0.611. The molecular weight excluding hydrogens is 278 g/mol. The molecule has 0 fully saturated rings. The molecule has 0 bridgehead atoms. The molecule has 108 valence electrons. The van der Waals surface area contributed by atoms with Crippen molar-refractivity contribution in [2.24, 2.45) is 0 Å². The topological polar surface area (TPSA) is 92.7 Å². The second-order valence-electron chi connectivity index (χ2n) is 4.03. The Kier molecular flexibility index (Phi) is 8.58. The fourth-order valence-corrected chi connectivity index (χ4v) is 2.69. The number of ether oxygens (including phenoxy) is 1. The molecule has 0 rings (SSSR count). The molecule has 0 saturated carbocycles. The minimum Gasteiger partial charge on any atom is -0.480 e. The highest BCUT2D eigenvalue weighted by atomic mass is 32.2. The van der Waals surface area contributed by atoms with Gasteiger partial charge in [0.05, 0.1) is 18.5 Å². The molecule has 0 saturated heterocycles. The van der Waals surface area contributed by atoms with Gasteiger partial charge in [0.2, 0.25) is 10.0 Å². The van der Waals surface area contributed by atoms with Crippen molar-refractivity contribution in [3.8, 4) is 0 Å². The van der Waals surface area contributed by atoms with Crippen molar-refractivity contribution >= 4 is 27.8 Å². The summed E-state index contributed by atoms with van der Waals surface area (Å²) in [5.41, 5.74) is 0. The van der Waals surface area contributed by atoms with Crippen molar-refractivity contribution in [1.82, 2.24) is 4.72 Å². The first kappa shape index (κ1) is 17.7. The summed E-state index contributed by atoms with van der Waals surface area (Å²) >= 11 is 1.47. The van der Waals surface area contributed by atoms with E-state index in [1.165, 1.54) is 11.8 Å². The van der Waals surface area contributed by atoms with Crippen LogP contribution < -0.4 is 4.72 Å². The summed E-state index contributed by atoms with van der Waals surface area (Å²) < 4.78 is 30.6. The number of carboxylic acids is 1. The molecule has 18 heavy (non-hydrogen) atoms. The molecule has 0 aliphatic heterocycles. The Balaban J connectivity index is 4.28. The average molecular weight is 299 g/mol. The summed E-state index contributed by atoms with van der Waals surface area (Å²) in [4.78, 5) is 10.9. The van der Waals surface area contributed by atoms with Crippen molar-refractivity contribution in [2.75, 3.05) is 24.4 Å². The van der Waals surface area contributed by atoms with Crippen molar-refractivity contribution in [3.63, 3.8) is 0 Å². The van der Waals surface area contributed by atoms with E-state index in [4.69, 9.17) is 9.84 Å². The molecule has 0 aliphatic carbocycles. The van der Waals surface area contributed by atoms with Gasteiger partial charge < -0.3 is 9.84 Å². The van der Waals surface area contributed by atoms with Gasteiger partial charge in [-0.05, 0) is 32.3 Å². The van der Waals surface area contributed by atoms with Crippen LogP contribution in [-0.2, 0) is 19.6 Å². The van der Waals surface area contributed by atoms with Crippen LogP contribution in [0.1, 0.15) is 20.3 Å². The highest BCUT2D eigenvalue weighted by molar-refractivity contribution is 7.98. The molecule has 0 aliphatic rings. The molecule has 0 spiro atoms. The number of rotatable bonds is 10. The van der Waals surface area contributed by atoms with Crippen molar-refractivity contribution in [3.05, 3.63) is 0 Å². The third kappa shape index (κ3) is 8.73. The van der Waals surface area contributed by atoms with Crippen LogP contribution >= 0.6 is 11.8 Å². The first-order valence-electron chi connectivity index (χ1n) is 5.62. The van der Waals surface area contributed by atoms with Gasteiger partial charge in [-0.25, -0.2) is 13.1 Å². The van der Waals surface area contributed by atoms with Crippen molar-refractivity contribution in [2.45, 2.75) is 32.4 Å². The number of carboxylic acid groups (broad SMARTS) is 1. The Morgan fingerprint density at radius 2 is 2.06 bits per heavy atom. The standard InChI is InChI=1S/C10H21NO5S2/c1-8(2)16-5-7-18(14,15)11-9(10(12)13)4-6-17-3/h8-9,11H,4-7H2,1-3H3,(H,12,13)/t9-/m0/s1. The van der Waals surface area contributed by atoms with Gasteiger partial charge in [-0.2, -0.15) is 11.8 Å². The fraction of sp³-hybridized carbons (Fsp3) is 0.900. The third-order valence-corrected chi connectivity index (χ3v) is 4.03. The van der Waals surface area contributed by atoms with Crippen LogP contribution in [0, 0.1) is 0 Å². The molecule has 0 aromatic rings. The molecule has 0 unspecified atom stereocenters. The van der Waals surface area contributed by atoms with Crippen LogP contribution in [0.25, 0.3) is 0 Å². The monoisotopic (exact) mass is 299 g/mol. The number of nitrogens with one attached hydrogen (secondary N) is 1. The van der Waals surface area contributed by atoms with E-state index < -0.39 is 22.0 Å². The predicted octanol–water partition coefficient (Wildman–Crippen LogP) is 0.537. The molecule has 0 amide bonds. The summed E-state index contributed by atoms with van der Waals surface area (Å²) in [6.07, 6.45) is 2.05. The van der Waals surface area contributed by atoms with E-state index in [1.54, 1.807) is 13.8 Å². The van der Waals surface area contributed by atoms with Crippen LogP contribution in [0.15, 0.2) is 0 Å². The Bertz CT molecular complexity index is 342. The van der Waals surface area contributed by atoms with Gasteiger partial charge in [0.1, 0.15) is 6.04 Å². The first-order chi connectivity index (χ1) is 8.28. The smallest absolute Gasteiger partial charge is 0.321 e. The van der Waals surface area contributed by atoms with E-state index in [1.807, 2.05) is 6.26 Å². The minimum absolute atomic E-state index is 0.0491. The number of hydrogen-bond donors (Lipinski definition) is 2. The normalized spacial score (nSPS) is 13.8. The largest absolute Gasteiger partial charge is 0.480 e. The minimum atomic E-state index is -3.62. The lowest BCUT2D eigenvalue weighted by Gasteiger charge is -2.14. The number of aliphatic carboxylic acids is 1. The number of thioether (sulfide) groups is 1. The van der Waals surface area contributed by atoms with Crippen LogP contribution in [0.5, 0.6) is 0 Å². The van der Waals surface area contributed by atoms with Gasteiger partial charge >= 0.3 is 5.97 Å². The molecule has 8 heteroatoms. The average Bonchev–Trinajstić information content (AvgIpc) is 2.22. The van der Waals surface area contributed by atoms with Crippen LogP contribution in [-0.4, -0.2) is 56.0 Å². The second kappa shape index (κ2) is 8.73. The predicted molar refractivity (Wildman–Crippen MR) is 72.4 cm³/mol. The molecular formula is C10H21NO5S2. The third-order valence-electron chi connectivity index (χ3n) is 2.03. The Hall–Kier alpha value is -0.310. The lowest BCUT2D eigenvalue weighted by atomic mass is 10.2. The lowest BCUT2D eigenvalue weighted by Crippen LogP contribution is -2.42. The van der Waals surface area contributed by atoms with E-state index in [0.29, 0.717) is 5.75 Å². The van der Waals surface area contributed by atoms with E-state index in [0.717, 1.165) is 0 Å². The van der Waals surface area contributed by atoms with Gasteiger partial charge in [-0.1, -0.05) is 0 Å². The molecule has 1 atom stereocenters. The Labute approximate surface area is 113 Å². The second-order valence-corrected chi connectivity index (χ2v) is 6.89. The number of hydrogen-bond acceptors (Lipinski definition) is 5. The van der Waals surface area contributed by atoms with Gasteiger partial charge in [-0.3, -0.25) is 4.79 Å². The fourth-order valence-electron chi connectivity index (χ4n) is 1.14. The highest BCUT2D eigenvalue weighted by Gasteiger charge is 2.23. The molecule has 0 heterocycles. The van der Waals surface area contributed by atoms with Gasteiger partial charge in [0.25, 0.3) is 0 Å². The van der Waals surface area contributed by atoms with Crippen molar-refractivity contribution < 1.29 is 23.1 Å². The molecule has 0 aromatic carbocycles. The molecule has 0 radical (unpaired) electrons. The molecule has 2 N–H and O–H groups in total. The maximum atomic E-state index is 11.6. The Morgan fingerprint density at radius 3 is 2.50 bits per heavy atom. The lowest BCUT2D eigenvalue weighted by molar-refractivity contribution is -0.139. The summed E-state index contributed by atoms with van der Waals surface area (Å²) in [6, 6.07) is -1.07. The maximum absolute atomic E-state index is 11.6. The highest BCUT2D eigenvalue weighted by Crippen LogP contribution is 2.03. The van der Waals surface area contributed by atoms with Crippen LogP contribution in [0.4, 0.5) is 0 Å². The Morgan fingerprint density at radius 1 is 1.44 bits per heavy atom. The van der Waals surface area contributed by atoms with Gasteiger partial charge in [0.15, 0.2) is 0 Å². The zero-order chi connectivity index (χ0) is 14.2. The van der Waals surface area contributed by atoms with E-state index in [2.05, 4.69) is 4.72 Å². The summed E-state index contributed by atoms with van der Waals surface area (Å²) in [6.45, 7) is 3.67. The van der Waals surface area contributed by atoms with E-state index >= 15 is 0 Å². The van der Waals surface area contributed by atoms with E-state index in [-0.39, 0.29) is 24.9 Å².